The third-order valence-corrected chi connectivity index (χ3v) is 3.78. The van der Waals surface area contributed by atoms with Crippen LogP contribution in [0.25, 0.3) is 0 Å². The number of hydrogen-bond donors (Lipinski definition) is 0. The van der Waals surface area contributed by atoms with E-state index in [1.165, 1.54) is 38.4 Å². The van der Waals surface area contributed by atoms with Gasteiger partial charge in [-0.25, -0.2) is 8.42 Å². The molecule has 0 aliphatic rings. The molecule has 0 unspecified atom stereocenters. The van der Waals surface area contributed by atoms with E-state index in [2.05, 4.69) is 4.84 Å². The fourth-order valence-corrected chi connectivity index (χ4v) is 2.15. The molecule has 94 valence electrons. The van der Waals surface area contributed by atoms with Crippen molar-refractivity contribution in [2.75, 3.05) is 14.2 Å². The Labute approximate surface area is 98.8 Å². The van der Waals surface area contributed by atoms with E-state index in [1.54, 1.807) is 0 Å². The van der Waals surface area contributed by atoms with Crippen LogP contribution in [-0.4, -0.2) is 32.0 Å². The summed E-state index contributed by atoms with van der Waals surface area (Å²) < 4.78 is 24.0. The lowest BCUT2D eigenvalue weighted by Crippen LogP contribution is -2.26. The zero-order valence-electron chi connectivity index (χ0n) is 9.36. The van der Waals surface area contributed by atoms with Crippen molar-refractivity contribution >= 4 is 15.7 Å². The lowest BCUT2D eigenvalue weighted by molar-refractivity contribution is -0.384. The maximum Gasteiger partial charge on any atom is 0.269 e. The minimum Gasteiger partial charge on any atom is -0.288 e. The highest BCUT2D eigenvalue weighted by Gasteiger charge is 2.18. The highest BCUT2D eigenvalue weighted by Crippen LogP contribution is 2.15. The lowest BCUT2D eigenvalue weighted by atomic mass is 10.2. The topological polar surface area (TPSA) is 89.8 Å². The van der Waals surface area contributed by atoms with E-state index in [9.17, 15) is 18.5 Å². The number of hydroxylamine groups is 1. The second-order valence-corrected chi connectivity index (χ2v) is 5.24. The number of non-ortho nitro benzene ring substituents is 1. The molecule has 0 heterocycles. The maximum atomic E-state index is 11.6. The Bertz CT molecular complexity index is 497. The number of nitro benzene ring substituents is 1. The van der Waals surface area contributed by atoms with Crippen LogP contribution in [0.15, 0.2) is 24.3 Å². The van der Waals surface area contributed by atoms with Gasteiger partial charge in [-0.05, 0) is 5.56 Å². The van der Waals surface area contributed by atoms with E-state index >= 15 is 0 Å². The zero-order valence-corrected chi connectivity index (χ0v) is 10.2. The van der Waals surface area contributed by atoms with Gasteiger partial charge in [-0.2, -0.15) is 0 Å². The van der Waals surface area contributed by atoms with Crippen molar-refractivity contribution in [1.82, 2.24) is 4.47 Å². The number of sulfonamides is 1. The van der Waals surface area contributed by atoms with Crippen LogP contribution in [-0.2, 0) is 20.6 Å². The second kappa shape index (κ2) is 5.21. The molecule has 7 nitrogen and oxygen atoms in total. The van der Waals surface area contributed by atoms with Gasteiger partial charge in [-0.15, -0.1) is 0 Å². The van der Waals surface area contributed by atoms with Gasteiger partial charge >= 0.3 is 0 Å². The Kier molecular flexibility index (Phi) is 4.16. The molecule has 1 aromatic carbocycles. The second-order valence-electron chi connectivity index (χ2n) is 3.27. The summed E-state index contributed by atoms with van der Waals surface area (Å²) in [6.07, 6.45) is 0. The first-order valence-electron chi connectivity index (χ1n) is 4.61. The lowest BCUT2D eigenvalue weighted by Gasteiger charge is -2.13. The van der Waals surface area contributed by atoms with Gasteiger partial charge in [0.25, 0.3) is 5.69 Å². The predicted octanol–water partition coefficient (Wildman–Crippen LogP) is 0.918. The highest BCUT2D eigenvalue weighted by atomic mass is 32.2. The molecule has 0 saturated carbocycles. The normalized spacial score (nSPS) is 11.7. The van der Waals surface area contributed by atoms with Gasteiger partial charge in [-0.3, -0.25) is 15.0 Å². The third kappa shape index (κ3) is 3.48. The van der Waals surface area contributed by atoms with Crippen molar-refractivity contribution in [2.45, 2.75) is 5.75 Å². The van der Waals surface area contributed by atoms with Gasteiger partial charge in [0.05, 0.1) is 17.8 Å². The summed E-state index contributed by atoms with van der Waals surface area (Å²) in [5, 5.41) is 10.4. The number of hydrogen-bond acceptors (Lipinski definition) is 5. The Morgan fingerprint density at radius 2 is 1.88 bits per heavy atom. The average Bonchev–Trinajstić information content (AvgIpc) is 2.28. The molecule has 0 atom stereocenters. The summed E-state index contributed by atoms with van der Waals surface area (Å²) in [7, 11) is -1.03. The molecule has 1 rings (SSSR count). The van der Waals surface area contributed by atoms with Crippen molar-refractivity contribution in [3.05, 3.63) is 39.9 Å². The monoisotopic (exact) mass is 260 g/mol. The molecule has 1 aromatic rings. The van der Waals surface area contributed by atoms with Crippen LogP contribution in [0, 0.1) is 10.1 Å². The Hall–Kier alpha value is -1.51. The van der Waals surface area contributed by atoms with Crippen molar-refractivity contribution in [3.63, 3.8) is 0 Å². The van der Waals surface area contributed by atoms with E-state index in [4.69, 9.17) is 0 Å². The molecule has 8 heteroatoms. The zero-order chi connectivity index (χ0) is 13.1. The first-order valence-corrected chi connectivity index (χ1v) is 6.22. The third-order valence-electron chi connectivity index (χ3n) is 2.15. The molecule has 0 aliphatic heterocycles. The summed E-state index contributed by atoms with van der Waals surface area (Å²) in [6.45, 7) is 0. The molecule has 0 spiro atoms. The molecule has 0 radical (unpaired) electrons. The van der Waals surface area contributed by atoms with E-state index in [-0.39, 0.29) is 11.4 Å². The van der Waals surface area contributed by atoms with Crippen molar-refractivity contribution in [1.29, 1.82) is 0 Å². The van der Waals surface area contributed by atoms with Crippen molar-refractivity contribution in [3.8, 4) is 0 Å². The van der Waals surface area contributed by atoms with E-state index in [0.29, 0.717) is 5.56 Å². The van der Waals surface area contributed by atoms with Crippen LogP contribution in [0.3, 0.4) is 0 Å². The molecule has 0 aliphatic carbocycles. The molecule has 0 bridgehead atoms. The minimum atomic E-state index is -3.56. The number of rotatable bonds is 5. The Morgan fingerprint density at radius 3 is 2.29 bits per heavy atom. The van der Waals surface area contributed by atoms with Gasteiger partial charge in [0.2, 0.25) is 10.0 Å². The molecule has 17 heavy (non-hydrogen) atoms. The predicted molar refractivity (Wildman–Crippen MR) is 60.5 cm³/mol. The van der Waals surface area contributed by atoms with E-state index < -0.39 is 14.9 Å². The smallest absolute Gasteiger partial charge is 0.269 e. The van der Waals surface area contributed by atoms with Crippen LogP contribution >= 0.6 is 0 Å². The molecule has 0 N–H and O–H groups in total. The molecule has 0 amide bonds. The molecular weight excluding hydrogens is 248 g/mol. The first-order chi connectivity index (χ1) is 7.86. The van der Waals surface area contributed by atoms with Crippen LogP contribution in [0.2, 0.25) is 0 Å². The summed E-state index contributed by atoms with van der Waals surface area (Å²) in [6, 6.07) is 5.33. The summed E-state index contributed by atoms with van der Waals surface area (Å²) in [5.41, 5.74) is 0.380. The molecule has 0 fully saturated rings. The number of benzene rings is 1. The van der Waals surface area contributed by atoms with Crippen LogP contribution in [0.1, 0.15) is 5.56 Å². The molecule has 0 aromatic heterocycles. The van der Waals surface area contributed by atoms with E-state index in [1.807, 2.05) is 0 Å². The highest BCUT2D eigenvalue weighted by molar-refractivity contribution is 7.88. The maximum absolute atomic E-state index is 11.6. The van der Waals surface area contributed by atoms with E-state index in [0.717, 1.165) is 4.47 Å². The minimum absolute atomic E-state index is 0.0776. The average molecular weight is 260 g/mol. The van der Waals surface area contributed by atoms with Gasteiger partial charge in [0.15, 0.2) is 0 Å². The van der Waals surface area contributed by atoms with Gasteiger partial charge in [0.1, 0.15) is 0 Å². The Balaban J connectivity index is 2.86. The summed E-state index contributed by atoms with van der Waals surface area (Å²) in [5.74, 6) is -0.269. The fourth-order valence-electron chi connectivity index (χ4n) is 1.13. The van der Waals surface area contributed by atoms with Crippen LogP contribution in [0.5, 0.6) is 0 Å². The quantitative estimate of drug-likeness (QED) is 0.580. The Morgan fingerprint density at radius 1 is 1.35 bits per heavy atom. The summed E-state index contributed by atoms with van der Waals surface area (Å²) >= 11 is 0. The van der Waals surface area contributed by atoms with Crippen LogP contribution < -0.4 is 0 Å². The summed E-state index contributed by atoms with van der Waals surface area (Å²) in [4.78, 5) is 14.5. The molecule has 0 saturated heterocycles. The van der Waals surface area contributed by atoms with Crippen LogP contribution in [0.4, 0.5) is 5.69 Å². The molecular formula is C9H12N2O5S. The first kappa shape index (κ1) is 13.6. The van der Waals surface area contributed by atoms with Crippen molar-refractivity contribution < 1.29 is 18.2 Å². The fraction of sp³-hybridized carbons (Fsp3) is 0.333. The number of nitro groups is 1. The largest absolute Gasteiger partial charge is 0.288 e. The SMILES string of the molecule is CON(C)S(=O)(=O)Cc1ccc([N+](=O)[O-])cc1. The number of nitrogens with zero attached hydrogens (tertiary/aromatic N) is 2. The van der Waals surface area contributed by atoms with Gasteiger partial charge in [-0.1, -0.05) is 16.6 Å². The van der Waals surface area contributed by atoms with Gasteiger partial charge in [0, 0.05) is 19.2 Å². The van der Waals surface area contributed by atoms with Gasteiger partial charge < -0.3 is 0 Å². The standard InChI is InChI=1S/C9H12N2O5S/c1-10(16-2)17(14,15)7-8-3-5-9(6-4-8)11(12)13/h3-6H,7H2,1-2H3. The van der Waals surface area contributed by atoms with Crippen molar-refractivity contribution in [2.24, 2.45) is 0 Å².